The van der Waals surface area contributed by atoms with E-state index >= 15 is 0 Å². The van der Waals surface area contributed by atoms with Crippen LogP contribution < -0.4 is 10.6 Å². The molecule has 0 aliphatic carbocycles. The van der Waals surface area contributed by atoms with Gasteiger partial charge in [0.25, 0.3) is 0 Å². The van der Waals surface area contributed by atoms with E-state index in [0.717, 1.165) is 19.3 Å². The second kappa shape index (κ2) is 19.1. The fourth-order valence-corrected chi connectivity index (χ4v) is 6.18. The van der Waals surface area contributed by atoms with E-state index in [1.165, 1.54) is 12.7 Å². The van der Waals surface area contributed by atoms with Crippen molar-refractivity contribution in [3.8, 4) is 0 Å². The summed E-state index contributed by atoms with van der Waals surface area (Å²) in [4.78, 5) is 52.0. The molecule has 0 radical (unpaired) electrons. The Morgan fingerprint density at radius 2 is 2.02 bits per heavy atom. The fourth-order valence-electron chi connectivity index (χ4n) is 4.60. The minimum Gasteiger partial charge on any atom is -0.390 e. The van der Waals surface area contributed by atoms with Gasteiger partial charge in [0, 0.05) is 58.1 Å². The van der Waals surface area contributed by atoms with E-state index in [2.05, 4.69) is 44.5 Å². The molecule has 1 aliphatic rings. The van der Waals surface area contributed by atoms with E-state index < -0.39 is 24.5 Å². The quantitative estimate of drug-likeness (QED) is 0.0610. The predicted molar refractivity (Wildman–Crippen MR) is 169 cm³/mol. The van der Waals surface area contributed by atoms with E-state index in [0.29, 0.717) is 66.5 Å². The molecule has 2 aromatic heterocycles. The van der Waals surface area contributed by atoms with Gasteiger partial charge in [-0.15, -0.1) is 8.93 Å². The molecule has 0 aromatic carbocycles. The highest BCUT2D eigenvalue weighted by Crippen LogP contribution is 2.44. The highest BCUT2D eigenvalue weighted by molar-refractivity contribution is 8.37. The molecule has 1 saturated heterocycles. The Morgan fingerprint density at radius 1 is 1.23 bits per heavy atom. The summed E-state index contributed by atoms with van der Waals surface area (Å²) >= 11 is 0. The molecule has 1 aliphatic heterocycles. The number of hydrogen-bond donors (Lipinski definition) is 3. The van der Waals surface area contributed by atoms with Crippen LogP contribution in [-0.4, -0.2) is 73.6 Å². The van der Waals surface area contributed by atoms with Gasteiger partial charge in [-0.1, -0.05) is 26.4 Å². The van der Waals surface area contributed by atoms with E-state index in [1.807, 2.05) is 6.92 Å². The molecule has 2 aromatic rings. The van der Waals surface area contributed by atoms with Crippen molar-refractivity contribution in [1.29, 1.82) is 0 Å². The monoisotopic (exact) mass is 655 g/mol. The summed E-state index contributed by atoms with van der Waals surface area (Å²) in [6.07, 6.45) is 5.96. The van der Waals surface area contributed by atoms with Gasteiger partial charge in [-0.2, -0.15) is 0 Å². The average molecular weight is 656 g/mol. The zero-order valence-corrected chi connectivity index (χ0v) is 27.3. The number of aliphatic hydroxyl groups is 1. The molecular weight excluding hydrogens is 615 g/mol. The molecule has 2 amide bonds. The van der Waals surface area contributed by atoms with Gasteiger partial charge in [-0.3, -0.25) is 19.0 Å². The number of imidazole rings is 1. The van der Waals surface area contributed by atoms with Gasteiger partial charge in [0.15, 0.2) is 17.0 Å². The molecule has 43 heavy (non-hydrogen) atoms. The van der Waals surface area contributed by atoms with Crippen LogP contribution >= 0.6 is 25.4 Å². The highest BCUT2D eigenvalue weighted by Gasteiger charge is 2.36. The number of hydrogen-bond acceptors (Lipinski definition) is 10. The molecule has 0 saturated carbocycles. The molecule has 7 atom stereocenters. The first kappa shape index (κ1) is 35.1. The molecule has 1 fully saturated rings. The van der Waals surface area contributed by atoms with E-state index in [4.69, 9.17) is 14.8 Å². The maximum absolute atomic E-state index is 12.8. The van der Waals surface area contributed by atoms with Crippen LogP contribution in [0.15, 0.2) is 17.8 Å². The van der Waals surface area contributed by atoms with E-state index in [-0.39, 0.29) is 42.7 Å². The number of anilines is 1. The van der Waals surface area contributed by atoms with Gasteiger partial charge in [0.05, 0.1) is 19.0 Å². The Balaban J connectivity index is 1.45. The predicted octanol–water partition coefficient (Wildman–Crippen LogP) is 4.30. The van der Waals surface area contributed by atoms with E-state index in [9.17, 15) is 19.5 Å². The Labute approximate surface area is 255 Å². The third-order valence-electron chi connectivity index (χ3n) is 6.98. The average Bonchev–Trinajstić information content (AvgIpc) is 3.60. The van der Waals surface area contributed by atoms with Crippen LogP contribution in [0.2, 0.25) is 0 Å². The molecule has 3 N–H and O–H groups in total. The molecule has 236 valence electrons. The standard InChI is InChI=1S/C25H40N9O6P3/c1-2-17(35)6-4-3-5-11-27-20(37)9-7-16(32-33-26)8-10-21(38)31-24-23-25(29-14-28-24)34(15-30-23)22-12-18(36)19(40-22)13-39-42-43-41/h14-16,18-19,22,36,42-43H,2-13,41H2,1H3,(H,27,37)(H,28,29,31,38)/t16?,18?,19-,22-/m1/s1. The lowest BCUT2D eigenvalue weighted by Gasteiger charge is -2.15. The second-order valence-electron chi connectivity index (χ2n) is 10.1. The number of carbonyl (C=O) groups is 3. The van der Waals surface area contributed by atoms with Crippen molar-refractivity contribution in [3.63, 3.8) is 0 Å². The number of carbonyl (C=O) groups excluding carboxylic acids is 3. The molecular formula is C25H40N9O6P3. The molecule has 3 rings (SSSR count). The number of azide groups is 1. The number of nitrogens with one attached hydrogen (secondary N) is 2. The fraction of sp³-hybridized carbons (Fsp3) is 0.680. The lowest BCUT2D eigenvalue weighted by atomic mass is 10.1. The first-order valence-corrected chi connectivity index (χ1v) is 19.0. The first-order chi connectivity index (χ1) is 20.9. The third-order valence-corrected chi connectivity index (χ3v) is 9.26. The molecule has 18 heteroatoms. The maximum Gasteiger partial charge on any atom is 0.225 e. The van der Waals surface area contributed by atoms with Gasteiger partial charge < -0.3 is 25.0 Å². The number of ketones is 1. The van der Waals surface area contributed by atoms with Crippen LogP contribution in [0.25, 0.3) is 21.6 Å². The number of ether oxygens (including phenoxy) is 1. The van der Waals surface area contributed by atoms with Crippen molar-refractivity contribution in [2.45, 2.75) is 95.6 Å². The van der Waals surface area contributed by atoms with Gasteiger partial charge in [-0.25, -0.2) is 15.0 Å². The molecule has 0 spiro atoms. The number of aliphatic hydroxyl groups excluding tert-OH is 1. The summed E-state index contributed by atoms with van der Waals surface area (Å²) in [5.41, 5.74) is 9.78. The molecule has 3 heterocycles. The van der Waals surface area contributed by atoms with Crippen LogP contribution in [0.4, 0.5) is 5.82 Å². The van der Waals surface area contributed by atoms with Crippen LogP contribution in [0.1, 0.15) is 77.4 Å². The Morgan fingerprint density at radius 3 is 2.77 bits per heavy atom. The minimum atomic E-state index is -0.690. The number of aromatic nitrogens is 4. The number of Topliss-reactive ketones (excluding diaryl/α,β-unsaturated/α-hetero) is 1. The smallest absolute Gasteiger partial charge is 0.225 e. The molecule has 15 nitrogen and oxygen atoms in total. The van der Waals surface area contributed by atoms with Crippen molar-refractivity contribution in [1.82, 2.24) is 24.8 Å². The summed E-state index contributed by atoms with van der Waals surface area (Å²) in [6, 6.07) is -0.522. The van der Waals surface area contributed by atoms with Gasteiger partial charge in [0.2, 0.25) is 11.8 Å². The Kier molecular flexibility index (Phi) is 15.6. The van der Waals surface area contributed by atoms with Crippen LogP contribution in [0.3, 0.4) is 0 Å². The third kappa shape index (κ3) is 11.6. The summed E-state index contributed by atoms with van der Waals surface area (Å²) in [6.45, 7) is 2.68. The van der Waals surface area contributed by atoms with Crippen molar-refractivity contribution in [3.05, 3.63) is 23.1 Å². The highest BCUT2D eigenvalue weighted by atomic mass is 32.4. The lowest BCUT2D eigenvalue weighted by molar-refractivity contribution is -0.121. The number of rotatable bonds is 20. The molecule has 5 unspecified atom stereocenters. The SMILES string of the molecule is CCC(=O)CCCCCNC(=O)CCC(CCC(=O)Nc1ncnc2c1ncn2[C@H]1CC(O)[C@@H](COPPP)O1)N=[N+]=[N-]. The van der Waals surface area contributed by atoms with Crippen LogP contribution in [0.5, 0.6) is 0 Å². The van der Waals surface area contributed by atoms with E-state index in [1.54, 1.807) is 4.57 Å². The number of fused-ring (bicyclic) bond motifs is 1. The van der Waals surface area contributed by atoms with Crippen LogP contribution in [-0.2, 0) is 23.6 Å². The normalized spacial score (nSPS) is 19.3. The van der Waals surface area contributed by atoms with Gasteiger partial charge in [0.1, 0.15) is 24.4 Å². The van der Waals surface area contributed by atoms with Crippen molar-refractivity contribution >= 4 is 60.0 Å². The minimum absolute atomic E-state index is 0.0467. The number of unbranched alkanes of at least 4 members (excludes halogenated alkanes) is 2. The largest absolute Gasteiger partial charge is 0.390 e. The van der Waals surface area contributed by atoms with Crippen LogP contribution in [0, 0.1) is 0 Å². The zero-order valence-electron chi connectivity index (χ0n) is 24.1. The first-order valence-electron chi connectivity index (χ1n) is 14.3. The summed E-state index contributed by atoms with van der Waals surface area (Å²) < 4.78 is 13.2. The summed E-state index contributed by atoms with van der Waals surface area (Å²) in [5, 5.41) is 19.8. The Bertz CT molecular complexity index is 1260. The maximum atomic E-state index is 12.8. The lowest BCUT2D eigenvalue weighted by Crippen LogP contribution is -2.25. The second-order valence-corrected chi connectivity index (χ2v) is 14.9. The van der Waals surface area contributed by atoms with Crippen molar-refractivity contribution in [2.75, 3.05) is 18.5 Å². The molecule has 0 bridgehead atoms. The number of nitrogens with zero attached hydrogens (tertiary/aromatic N) is 7. The Hall–Kier alpha value is -2.36. The topological polar surface area (TPSA) is 206 Å². The zero-order chi connectivity index (χ0) is 31.0. The number of amides is 2. The van der Waals surface area contributed by atoms with Crippen molar-refractivity contribution < 1.29 is 28.8 Å². The summed E-state index contributed by atoms with van der Waals surface area (Å²) in [5.74, 6) is -0.0155. The van der Waals surface area contributed by atoms with Gasteiger partial charge >= 0.3 is 0 Å². The summed E-state index contributed by atoms with van der Waals surface area (Å²) in [7, 11) is 3.56. The van der Waals surface area contributed by atoms with Gasteiger partial charge in [-0.05, 0) is 31.2 Å². The van der Waals surface area contributed by atoms with Crippen molar-refractivity contribution in [2.24, 2.45) is 5.11 Å².